The van der Waals surface area contributed by atoms with Crippen LogP contribution in [0.15, 0.2) is 12.7 Å². The van der Waals surface area contributed by atoms with Gasteiger partial charge in [-0.3, -0.25) is 0 Å². The number of ether oxygens (including phenoxy) is 1. The van der Waals surface area contributed by atoms with Gasteiger partial charge in [0.05, 0.1) is 6.61 Å². The zero-order chi connectivity index (χ0) is 6.41. The molecule has 0 radical (unpaired) electrons. The Morgan fingerprint density at radius 1 is 1.78 bits per heavy atom. The summed E-state index contributed by atoms with van der Waals surface area (Å²) >= 11 is 0. The molecule has 9 heavy (non-hydrogen) atoms. The van der Waals surface area contributed by atoms with Crippen molar-refractivity contribution in [1.82, 2.24) is 0 Å². The number of carbonyl (C=O) groups excluding carboxylic acids is 1. The lowest BCUT2D eigenvalue weighted by Gasteiger charge is -1.94. The molecule has 54 valence electrons. The van der Waals surface area contributed by atoms with E-state index in [1.165, 1.54) is 0 Å². The van der Waals surface area contributed by atoms with E-state index >= 15 is 0 Å². The lowest BCUT2D eigenvalue weighted by molar-refractivity contribution is -0.137. The molecule has 0 saturated heterocycles. The summed E-state index contributed by atoms with van der Waals surface area (Å²) in [5.74, 6) is -0.341. The van der Waals surface area contributed by atoms with Gasteiger partial charge in [0.1, 0.15) is 0 Å². The molecule has 0 bridgehead atoms. The lowest BCUT2D eigenvalue weighted by atomic mass is 10.5. The van der Waals surface area contributed by atoms with Crippen LogP contribution in [-0.4, -0.2) is 12.6 Å². The minimum atomic E-state index is -0.341. The van der Waals surface area contributed by atoms with E-state index in [1.54, 1.807) is 0 Å². The number of hydrogen-bond donors (Lipinski definition) is 0. The van der Waals surface area contributed by atoms with E-state index in [-0.39, 0.29) is 13.4 Å². The highest BCUT2D eigenvalue weighted by Crippen LogP contribution is 1.81. The number of rotatable bonds is 3. The molecule has 0 amide bonds. The summed E-state index contributed by atoms with van der Waals surface area (Å²) in [4.78, 5) is 10.2. The van der Waals surface area contributed by atoms with Crippen molar-refractivity contribution in [2.75, 3.05) is 6.61 Å². The van der Waals surface area contributed by atoms with E-state index in [4.69, 9.17) is 0 Å². The Balaban J connectivity index is 0. The SMILES string of the molecule is C.C=CC(=O)OCCC. The molecular weight excluding hydrogens is 116 g/mol. The van der Waals surface area contributed by atoms with Gasteiger partial charge >= 0.3 is 5.97 Å². The fourth-order valence-corrected chi connectivity index (χ4v) is 0.262. The van der Waals surface area contributed by atoms with Crippen LogP contribution < -0.4 is 0 Å². The van der Waals surface area contributed by atoms with Crippen LogP contribution in [0.25, 0.3) is 0 Å². The first-order valence-electron chi connectivity index (χ1n) is 2.60. The molecule has 0 fully saturated rings. The molecule has 0 spiro atoms. The van der Waals surface area contributed by atoms with Gasteiger partial charge in [0, 0.05) is 6.08 Å². The molecule has 2 heteroatoms. The van der Waals surface area contributed by atoms with Crippen molar-refractivity contribution in [2.24, 2.45) is 0 Å². The van der Waals surface area contributed by atoms with Gasteiger partial charge in [-0.1, -0.05) is 20.9 Å². The average Bonchev–Trinajstić information content (AvgIpc) is 1.83. The van der Waals surface area contributed by atoms with Crippen LogP contribution in [0.2, 0.25) is 0 Å². The highest BCUT2D eigenvalue weighted by molar-refractivity contribution is 5.81. The summed E-state index contributed by atoms with van der Waals surface area (Å²) < 4.78 is 4.58. The third-order valence-corrected chi connectivity index (χ3v) is 0.615. The molecular formula is C7H14O2. The van der Waals surface area contributed by atoms with Gasteiger partial charge in [-0.25, -0.2) is 4.79 Å². The normalized spacial score (nSPS) is 7.22. The Labute approximate surface area is 56.5 Å². The van der Waals surface area contributed by atoms with Crippen molar-refractivity contribution in [3.8, 4) is 0 Å². The van der Waals surface area contributed by atoms with Crippen LogP contribution in [0.4, 0.5) is 0 Å². The molecule has 0 aliphatic carbocycles. The molecule has 0 aromatic carbocycles. The molecule has 0 aromatic heterocycles. The van der Waals surface area contributed by atoms with Crippen LogP contribution in [0, 0.1) is 0 Å². The molecule has 0 rings (SSSR count). The minimum absolute atomic E-state index is 0. The summed E-state index contributed by atoms with van der Waals surface area (Å²) in [6.45, 7) is 5.67. The predicted octanol–water partition coefficient (Wildman–Crippen LogP) is 1.76. The van der Waals surface area contributed by atoms with Crippen molar-refractivity contribution < 1.29 is 9.53 Å². The topological polar surface area (TPSA) is 26.3 Å². The summed E-state index contributed by atoms with van der Waals surface area (Å²) in [5.41, 5.74) is 0. The van der Waals surface area contributed by atoms with Gasteiger partial charge in [-0.15, -0.1) is 0 Å². The van der Waals surface area contributed by atoms with Crippen LogP contribution in [0.5, 0.6) is 0 Å². The molecule has 2 nitrogen and oxygen atoms in total. The van der Waals surface area contributed by atoms with Crippen LogP contribution in [-0.2, 0) is 9.53 Å². The zero-order valence-corrected chi connectivity index (χ0v) is 5.02. The van der Waals surface area contributed by atoms with Crippen molar-refractivity contribution >= 4 is 5.97 Å². The Morgan fingerprint density at radius 3 is 2.67 bits per heavy atom. The van der Waals surface area contributed by atoms with Crippen LogP contribution >= 0.6 is 0 Å². The molecule has 0 aliphatic rings. The Hall–Kier alpha value is -0.790. The molecule has 0 aromatic rings. The first-order valence-corrected chi connectivity index (χ1v) is 2.60. The van der Waals surface area contributed by atoms with Gasteiger partial charge in [0.2, 0.25) is 0 Å². The van der Waals surface area contributed by atoms with E-state index < -0.39 is 0 Å². The molecule has 0 atom stereocenters. The van der Waals surface area contributed by atoms with Gasteiger partial charge in [0.25, 0.3) is 0 Å². The van der Waals surface area contributed by atoms with E-state index in [1.807, 2.05) is 6.92 Å². The molecule has 0 unspecified atom stereocenters. The first kappa shape index (κ1) is 11.1. The average molecular weight is 130 g/mol. The highest BCUT2D eigenvalue weighted by Gasteiger charge is 1.89. The minimum Gasteiger partial charge on any atom is -0.463 e. The second-order valence-electron chi connectivity index (χ2n) is 1.37. The van der Waals surface area contributed by atoms with E-state index in [0.717, 1.165) is 12.5 Å². The summed E-state index contributed by atoms with van der Waals surface area (Å²) in [7, 11) is 0. The van der Waals surface area contributed by atoms with E-state index in [2.05, 4.69) is 11.3 Å². The molecule has 0 N–H and O–H groups in total. The third-order valence-electron chi connectivity index (χ3n) is 0.615. The number of hydrogen-bond acceptors (Lipinski definition) is 2. The van der Waals surface area contributed by atoms with E-state index in [0.29, 0.717) is 6.61 Å². The van der Waals surface area contributed by atoms with E-state index in [9.17, 15) is 4.79 Å². The number of carbonyl (C=O) groups is 1. The maximum Gasteiger partial charge on any atom is 0.330 e. The van der Waals surface area contributed by atoms with Gasteiger partial charge in [-0.2, -0.15) is 0 Å². The maximum absolute atomic E-state index is 10.2. The van der Waals surface area contributed by atoms with Crippen molar-refractivity contribution in [2.45, 2.75) is 20.8 Å². The van der Waals surface area contributed by atoms with Crippen molar-refractivity contribution in [3.05, 3.63) is 12.7 Å². The van der Waals surface area contributed by atoms with Crippen molar-refractivity contribution in [3.63, 3.8) is 0 Å². The molecule has 0 heterocycles. The zero-order valence-electron chi connectivity index (χ0n) is 5.02. The second kappa shape index (κ2) is 7.21. The smallest absolute Gasteiger partial charge is 0.330 e. The highest BCUT2D eigenvalue weighted by atomic mass is 16.5. The Bertz CT molecular complexity index is 86.9. The number of esters is 1. The van der Waals surface area contributed by atoms with Gasteiger partial charge in [0.15, 0.2) is 0 Å². The first-order chi connectivity index (χ1) is 3.81. The predicted molar refractivity (Wildman–Crippen MR) is 38.2 cm³/mol. The molecule has 0 saturated carbocycles. The fourth-order valence-electron chi connectivity index (χ4n) is 0.262. The maximum atomic E-state index is 10.2. The quantitative estimate of drug-likeness (QED) is 0.430. The van der Waals surface area contributed by atoms with Gasteiger partial charge < -0.3 is 4.74 Å². The molecule has 0 aliphatic heterocycles. The second-order valence-corrected chi connectivity index (χ2v) is 1.37. The fraction of sp³-hybridized carbons (Fsp3) is 0.571. The van der Waals surface area contributed by atoms with Crippen molar-refractivity contribution in [1.29, 1.82) is 0 Å². The monoisotopic (exact) mass is 130 g/mol. The Kier molecular flexibility index (Phi) is 8.87. The summed E-state index contributed by atoms with van der Waals surface area (Å²) in [6.07, 6.45) is 2.02. The van der Waals surface area contributed by atoms with Gasteiger partial charge in [-0.05, 0) is 6.42 Å². The summed E-state index contributed by atoms with van der Waals surface area (Å²) in [5, 5.41) is 0. The lowest BCUT2D eigenvalue weighted by Crippen LogP contribution is -1.99. The van der Waals surface area contributed by atoms with Crippen LogP contribution in [0.1, 0.15) is 20.8 Å². The van der Waals surface area contributed by atoms with Crippen LogP contribution in [0.3, 0.4) is 0 Å². The third kappa shape index (κ3) is 7.21. The largest absolute Gasteiger partial charge is 0.463 e. The summed E-state index contributed by atoms with van der Waals surface area (Å²) in [6, 6.07) is 0. The standard InChI is InChI=1S/C6H10O2.CH4/c1-3-5-8-6(7)4-2;/h4H,2-3,5H2,1H3;1H4. The Morgan fingerprint density at radius 2 is 2.33 bits per heavy atom.